The van der Waals surface area contributed by atoms with Crippen LogP contribution in [0.1, 0.15) is 27.0 Å². The molecule has 118 valence electrons. The summed E-state index contributed by atoms with van der Waals surface area (Å²) in [6, 6.07) is 16.5. The van der Waals surface area contributed by atoms with Crippen molar-refractivity contribution in [3.05, 3.63) is 70.8 Å². The molecular formula is C20H23NOSi. The minimum absolute atomic E-state index is 0.0196. The van der Waals surface area contributed by atoms with Crippen LogP contribution in [0.2, 0.25) is 19.6 Å². The zero-order valence-electron chi connectivity index (χ0n) is 14.0. The maximum Gasteiger partial charge on any atom is 0.251 e. The average molecular weight is 321 g/mol. The van der Waals surface area contributed by atoms with E-state index in [9.17, 15) is 4.79 Å². The van der Waals surface area contributed by atoms with Crippen molar-refractivity contribution < 1.29 is 4.79 Å². The molecule has 0 spiro atoms. The predicted molar refractivity (Wildman–Crippen MR) is 100 cm³/mol. The van der Waals surface area contributed by atoms with Gasteiger partial charge in [-0.15, -0.1) is 0 Å². The molecule has 1 aliphatic rings. The van der Waals surface area contributed by atoms with Gasteiger partial charge >= 0.3 is 0 Å². The molecule has 2 aromatic carbocycles. The number of fused-ring (bicyclic) bond motifs is 2. The Balaban J connectivity index is 2.28. The first kappa shape index (κ1) is 15.8. The van der Waals surface area contributed by atoms with E-state index in [4.69, 9.17) is 0 Å². The Morgan fingerprint density at radius 3 is 2.30 bits per heavy atom. The lowest BCUT2D eigenvalue weighted by molar-refractivity contribution is 0.0954. The fourth-order valence-electron chi connectivity index (χ4n) is 3.09. The molecule has 0 radical (unpaired) electrons. The van der Waals surface area contributed by atoms with Crippen molar-refractivity contribution in [2.45, 2.75) is 26.1 Å². The summed E-state index contributed by atoms with van der Waals surface area (Å²) < 4.78 is 0. The highest BCUT2D eigenvalue weighted by molar-refractivity contribution is 6.94. The second-order valence-electron chi connectivity index (χ2n) is 7.06. The van der Waals surface area contributed by atoms with Crippen LogP contribution in [0, 0.1) is 0 Å². The largest absolute Gasteiger partial charge is 0.352 e. The summed E-state index contributed by atoms with van der Waals surface area (Å²) in [6.07, 6.45) is 3.11. The highest BCUT2D eigenvalue weighted by atomic mass is 28.3. The number of rotatable bonds is 1. The minimum Gasteiger partial charge on any atom is -0.352 e. The standard InChI is InChI=1S/C20H23NOSi/c1-23(2,3)19-14-16-9-5-7-11-18(16)20(22)21-13-12-15-8-4-6-10-17(15)19/h4-11,14H,12-13H2,1-3H3,(H,21,22)/b19-14-. The van der Waals surface area contributed by atoms with Gasteiger partial charge in [-0.1, -0.05) is 73.4 Å². The smallest absolute Gasteiger partial charge is 0.251 e. The summed E-state index contributed by atoms with van der Waals surface area (Å²) in [7, 11) is -1.56. The van der Waals surface area contributed by atoms with Crippen LogP contribution >= 0.6 is 0 Å². The normalized spacial score (nSPS) is 17.3. The quantitative estimate of drug-likeness (QED) is 0.775. The Bertz CT molecular complexity index is 771. The third-order valence-corrected chi connectivity index (χ3v) is 6.33. The molecule has 0 fully saturated rings. The maximum atomic E-state index is 12.5. The monoisotopic (exact) mass is 321 g/mol. The van der Waals surface area contributed by atoms with Crippen LogP contribution in [-0.2, 0) is 6.42 Å². The fraction of sp³-hybridized carbons (Fsp3) is 0.250. The van der Waals surface area contributed by atoms with Gasteiger partial charge in [-0.3, -0.25) is 4.79 Å². The third-order valence-electron chi connectivity index (χ3n) is 4.30. The van der Waals surface area contributed by atoms with Crippen LogP contribution < -0.4 is 5.32 Å². The van der Waals surface area contributed by atoms with Crippen LogP contribution in [0.4, 0.5) is 0 Å². The van der Waals surface area contributed by atoms with E-state index >= 15 is 0 Å². The van der Waals surface area contributed by atoms with Gasteiger partial charge in [-0.05, 0) is 29.2 Å². The number of carbonyl (C=O) groups excluding carboxylic acids is 1. The summed E-state index contributed by atoms with van der Waals surface area (Å²) in [5.41, 5.74) is 4.44. The summed E-state index contributed by atoms with van der Waals surface area (Å²) in [4.78, 5) is 12.5. The van der Waals surface area contributed by atoms with Gasteiger partial charge in [0.2, 0.25) is 0 Å². The van der Waals surface area contributed by atoms with Crippen molar-refractivity contribution in [2.75, 3.05) is 6.54 Å². The van der Waals surface area contributed by atoms with Gasteiger partial charge in [-0.2, -0.15) is 0 Å². The lowest BCUT2D eigenvalue weighted by atomic mass is 9.99. The third kappa shape index (κ3) is 3.30. The summed E-state index contributed by atoms with van der Waals surface area (Å²) >= 11 is 0. The van der Waals surface area contributed by atoms with Gasteiger partial charge in [0, 0.05) is 12.1 Å². The first-order valence-electron chi connectivity index (χ1n) is 8.14. The second-order valence-corrected chi connectivity index (χ2v) is 12.1. The van der Waals surface area contributed by atoms with Crippen molar-refractivity contribution >= 4 is 25.3 Å². The second kappa shape index (κ2) is 6.17. The van der Waals surface area contributed by atoms with Gasteiger partial charge < -0.3 is 5.32 Å². The molecule has 0 saturated heterocycles. The zero-order chi connectivity index (χ0) is 16.4. The molecule has 3 heteroatoms. The van der Waals surface area contributed by atoms with Crippen molar-refractivity contribution in [3.63, 3.8) is 0 Å². The average Bonchev–Trinajstić information content (AvgIpc) is 2.52. The summed E-state index contributed by atoms with van der Waals surface area (Å²) in [6.45, 7) is 7.77. The van der Waals surface area contributed by atoms with E-state index in [1.165, 1.54) is 16.3 Å². The zero-order valence-corrected chi connectivity index (χ0v) is 15.0. The highest BCUT2D eigenvalue weighted by Gasteiger charge is 2.24. The number of nitrogens with one attached hydrogen (secondary N) is 1. The number of amides is 1. The highest BCUT2D eigenvalue weighted by Crippen LogP contribution is 2.32. The van der Waals surface area contributed by atoms with Gasteiger partial charge in [0.25, 0.3) is 5.91 Å². The molecule has 0 bridgehead atoms. The molecule has 1 aliphatic heterocycles. The van der Waals surface area contributed by atoms with E-state index < -0.39 is 8.07 Å². The molecular weight excluding hydrogens is 298 g/mol. The van der Waals surface area contributed by atoms with Gasteiger partial charge in [-0.25, -0.2) is 0 Å². The topological polar surface area (TPSA) is 29.1 Å². The van der Waals surface area contributed by atoms with E-state index in [1.807, 2.05) is 24.3 Å². The first-order chi connectivity index (χ1) is 11.0. The number of hydrogen-bond acceptors (Lipinski definition) is 1. The van der Waals surface area contributed by atoms with Crippen LogP contribution in [-0.4, -0.2) is 20.5 Å². The van der Waals surface area contributed by atoms with Crippen LogP contribution in [0.5, 0.6) is 0 Å². The molecule has 0 atom stereocenters. The van der Waals surface area contributed by atoms with Gasteiger partial charge in [0.1, 0.15) is 0 Å². The molecule has 23 heavy (non-hydrogen) atoms. The summed E-state index contributed by atoms with van der Waals surface area (Å²) in [5, 5.41) is 4.46. The lowest BCUT2D eigenvalue weighted by Crippen LogP contribution is -2.29. The number of benzene rings is 2. The van der Waals surface area contributed by atoms with E-state index in [0.717, 1.165) is 17.5 Å². The molecule has 2 aromatic rings. The molecule has 1 heterocycles. The Hall–Kier alpha value is -2.13. The van der Waals surface area contributed by atoms with Crippen molar-refractivity contribution in [2.24, 2.45) is 0 Å². The molecule has 0 saturated carbocycles. The van der Waals surface area contributed by atoms with Crippen LogP contribution in [0.25, 0.3) is 11.3 Å². The van der Waals surface area contributed by atoms with Crippen molar-refractivity contribution in [1.82, 2.24) is 5.32 Å². The number of hydrogen-bond donors (Lipinski definition) is 1. The van der Waals surface area contributed by atoms with Crippen molar-refractivity contribution in [1.29, 1.82) is 0 Å². The van der Waals surface area contributed by atoms with E-state index in [0.29, 0.717) is 6.54 Å². The Kier molecular flexibility index (Phi) is 4.22. The summed E-state index contributed by atoms with van der Waals surface area (Å²) in [5.74, 6) is 0.0196. The molecule has 3 rings (SSSR count). The number of carbonyl (C=O) groups is 1. The Morgan fingerprint density at radius 2 is 1.57 bits per heavy atom. The van der Waals surface area contributed by atoms with Gasteiger partial charge in [0.15, 0.2) is 0 Å². The fourth-order valence-corrected chi connectivity index (χ4v) is 4.73. The minimum atomic E-state index is -1.56. The van der Waals surface area contributed by atoms with E-state index in [1.54, 1.807) is 0 Å². The SMILES string of the molecule is C[Si](C)(C)/C1=C\c2ccccc2C(=O)NCCc2ccccc21. The predicted octanol–water partition coefficient (Wildman–Crippen LogP) is 4.39. The maximum absolute atomic E-state index is 12.5. The molecule has 0 unspecified atom stereocenters. The molecule has 1 N–H and O–H groups in total. The molecule has 1 amide bonds. The first-order valence-corrected chi connectivity index (χ1v) is 11.6. The van der Waals surface area contributed by atoms with E-state index in [2.05, 4.69) is 55.3 Å². The van der Waals surface area contributed by atoms with Crippen LogP contribution in [0.15, 0.2) is 48.5 Å². The Morgan fingerprint density at radius 1 is 0.913 bits per heavy atom. The molecule has 0 aromatic heterocycles. The van der Waals surface area contributed by atoms with Crippen LogP contribution in [0.3, 0.4) is 0 Å². The van der Waals surface area contributed by atoms with Gasteiger partial charge in [0.05, 0.1) is 8.07 Å². The van der Waals surface area contributed by atoms with Crippen molar-refractivity contribution in [3.8, 4) is 0 Å². The lowest BCUT2D eigenvalue weighted by Gasteiger charge is -2.25. The Labute approximate surface area is 139 Å². The molecule has 2 nitrogen and oxygen atoms in total. The van der Waals surface area contributed by atoms with E-state index in [-0.39, 0.29) is 5.91 Å². The molecule has 0 aliphatic carbocycles.